The zero-order valence-corrected chi connectivity index (χ0v) is 17.7. The lowest BCUT2D eigenvalue weighted by molar-refractivity contribution is -0.192. The maximum Gasteiger partial charge on any atom is 0.490 e. The molecule has 5 rings (SSSR count). The Balaban J connectivity index is 0.000000344. The van der Waals surface area contributed by atoms with Crippen LogP contribution in [0.25, 0.3) is 22.0 Å². The number of hydrogen-bond acceptors (Lipinski definition) is 7. The van der Waals surface area contributed by atoms with Crippen LogP contribution in [0.4, 0.5) is 19.0 Å². The Morgan fingerprint density at radius 3 is 2.47 bits per heavy atom. The Labute approximate surface area is 191 Å². The van der Waals surface area contributed by atoms with Crippen molar-refractivity contribution in [3.63, 3.8) is 0 Å². The maximum atomic E-state index is 10.6. The van der Waals surface area contributed by atoms with E-state index in [-0.39, 0.29) is 6.79 Å². The molecular formula is C23H18F3N3O5. The number of rotatable bonds is 4. The van der Waals surface area contributed by atoms with Crippen LogP contribution in [-0.2, 0) is 11.3 Å². The molecule has 0 amide bonds. The van der Waals surface area contributed by atoms with Gasteiger partial charge in [0.25, 0.3) is 0 Å². The molecule has 2 aromatic carbocycles. The molecule has 176 valence electrons. The van der Waals surface area contributed by atoms with Crippen molar-refractivity contribution >= 4 is 22.7 Å². The minimum absolute atomic E-state index is 0.270. The van der Waals surface area contributed by atoms with E-state index in [0.29, 0.717) is 6.54 Å². The molecule has 34 heavy (non-hydrogen) atoms. The minimum atomic E-state index is -5.08. The van der Waals surface area contributed by atoms with E-state index in [0.717, 1.165) is 50.7 Å². The summed E-state index contributed by atoms with van der Waals surface area (Å²) in [5.74, 6) is 0.490. The monoisotopic (exact) mass is 473 g/mol. The number of aliphatic carboxylic acids is 1. The molecule has 1 aliphatic heterocycles. The van der Waals surface area contributed by atoms with Gasteiger partial charge >= 0.3 is 12.1 Å². The molecule has 2 N–H and O–H groups in total. The van der Waals surface area contributed by atoms with Gasteiger partial charge in [0.15, 0.2) is 11.5 Å². The number of benzene rings is 2. The number of alkyl halides is 3. The van der Waals surface area contributed by atoms with E-state index in [1.54, 1.807) is 12.6 Å². The number of anilines is 1. The van der Waals surface area contributed by atoms with Gasteiger partial charge in [-0.3, -0.25) is 0 Å². The topological polar surface area (TPSA) is 107 Å². The number of halogens is 3. The van der Waals surface area contributed by atoms with Crippen molar-refractivity contribution in [2.45, 2.75) is 19.6 Å². The molecular weight excluding hydrogens is 455 g/mol. The third-order valence-electron chi connectivity index (χ3n) is 5.00. The van der Waals surface area contributed by atoms with E-state index in [9.17, 15) is 13.2 Å². The van der Waals surface area contributed by atoms with E-state index in [4.69, 9.17) is 23.8 Å². The second kappa shape index (κ2) is 9.30. The van der Waals surface area contributed by atoms with Crippen molar-refractivity contribution in [2.75, 3.05) is 12.1 Å². The Hall–Kier alpha value is -4.28. The molecule has 4 aromatic rings. The van der Waals surface area contributed by atoms with E-state index >= 15 is 0 Å². The summed E-state index contributed by atoms with van der Waals surface area (Å²) in [6, 6.07) is 14.1. The van der Waals surface area contributed by atoms with E-state index < -0.39 is 12.1 Å². The molecule has 0 unspecified atom stereocenters. The number of hydrogen-bond donors (Lipinski definition) is 2. The molecule has 0 saturated carbocycles. The maximum absolute atomic E-state index is 10.6. The molecule has 11 heteroatoms. The standard InChI is InChI=1S/C21H17N3O3.C2HF3O2/c1-13-16(6-7-25-13)10-22-21-17-8-14(2-4-18(17)23-11-24-21)15-3-5-19-20(9-15)27-12-26-19;3-2(4,5)1(6)7/h2-9,11H,10,12H2,1H3,(H,22,23,24);(H,6,7). The van der Waals surface area contributed by atoms with Gasteiger partial charge in [-0.25, -0.2) is 14.8 Å². The van der Waals surface area contributed by atoms with Gasteiger partial charge in [0.2, 0.25) is 6.79 Å². The second-order valence-electron chi connectivity index (χ2n) is 7.18. The number of carboxylic acids is 1. The molecule has 0 radical (unpaired) electrons. The number of carbonyl (C=O) groups is 1. The van der Waals surface area contributed by atoms with E-state index in [1.165, 1.54) is 0 Å². The lowest BCUT2D eigenvalue weighted by atomic mass is 10.0. The number of fused-ring (bicyclic) bond motifs is 2. The third kappa shape index (κ3) is 5.03. The molecule has 2 aromatic heterocycles. The van der Waals surface area contributed by atoms with Crippen molar-refractivity contribution in [1.82, 2.24) is 9.97 Å². The van der Waals surface area contributed by atoms with Gasteiger partial charge in [-0.1, -0.05) is 12.1 Å². The first-order valence-electron chi connectivity index (χ1n) is 9.94. The Morgan fingerprint density at radius 1 is 1.06 bits per heavy atom. The number of aromatic nitrogens is 2. The predicted octanol–water partition coefficient (Wildman–Crippen LogP) is 5.17. The van der Waals surface area contributed by atoms with Crippen LogP contribution < -0.4 is 14.8 Å². The molecule has 8 nitrogen and oxygen atoms in total. The van der Waals surface area contributed by atoms with Gasteiger partial charge in [0.1, 0.15) is 17.9 Å². The molecule has 0 saturated heterocycles. The molecule has 0 fully saturated rings. The van der Waals surface area contributed by atoms with Gasteiger partial charge in [-0.15, -0.1) is 0 Å². The van der Waals surface area contributed by atoms with Gasteiger partial charge in [0.05, 0.1) is 11.8 Å². The Kier molecular flexibility index (Phi) is 6.26. The highest BCUT2D eigenvalue weighted by atomic mass is 19.4. The Morgan fingerprint density at radius 2 is 1.76 bits per heavy atom. The van der Waals surface area contributed by atoms with Crippen LogP contribution in [0.2, 0.25) is 0 Å². The number of furan rings is 1. The average molecular weight is 473 g/mol. The first-order chi connectivity index (χ1) is 16.2. The fourth-order valence-corrected chi connectivity index (χ4v) is 3.23. The lowest BCUT2D eigenvalue weighted by Gasteiger charge is -2.10. The summed E-state index contributed by atoms with van der Waals surface area (Å²) in [5.41, 5.74) is 4.12. The summed E-state index contributed by atoms with van der Waals surface area (Å²) >= 11 is 0. The first-order valence-corrected chi connectivity index (χ1v) is 9.94. The summed E-state index contributed by atoms with van der Waals surface area (Å²) in [6.45, 7) is 2.86. The second-order valence-corrected chi connectivity index (χ2v) is 7.18. The van der Waals surface area contributed by atoms with Crippen molar-refractivity contribution < 1.29 is 37.0 Å². The molecule has 3 heterocycles. The third-order valence-corrected chi connectivity index (χ3v) is 5.00. The smallest absolute Gasteiger partial charge is 0.475 e. The average Bonchev–Trinajstić information content (AvgIpc) is 3.45. The van der Waals surface area contributed by atoms with Crippen molar-refractivity contribution in [3.8, 4) is 22.6 Å². The van der Waals surface area contributed by atoms with Gasteiger partial charge in [-0.2, -0.15) is 13.2 Å². The summed E-state index contributed by atoms with van der Waals surface area (Å²) in [7, 11) is 0. The fourth-order valence-electron chi connectivity index (χ4n) is 3.23. The van der Waals surface area contributed by atoms with Crippen LogP contribution in [-0.4, -0.2) is 34.0 Å². The SMILES string of the molecule is Cc1occc1CNc1ncnc2ccc(-c3ccc4c(c3)OCO4)cc12.O=C(O)C(F)(F)F. The van der Waals surface area contributed by atoms with Gasteiger partial charge < -0.3 is 24.3 Å². The predicted molar refractivity (Wildman–Crippen MR) is 116 cm³/mol. The number of nitrogens with one attached hydrogen (secondary N) is 1. The molecule has 0 atom stereocenters. The molecule has 1 aliphatic rings. The fraction of sp³-hybridized carbons (Fsp3) is 0.174. The number of carboxylic acid groups (broad SMARTS) is 1. The van der Waals surface area contributed by atoms with Crippen LogP contribution in [0.5, 0.6) is 11.5 Å². The first kappa shape index (κ1) is 22.9. The van der Waals surface area contributed by atoms with Crippen LogP contribution in [0.15, 0.2) is 59.5 Å². The number of aryl methyl sites for hydroxylation is 1. The molecule has 0 bridgehead atoms. The van der Waals surface area contributed by atoms with Crippen LogP contribution in [0, 0.1) is 6.92 Å². The normalized spacial score (nSPS) is 12.2. The zero-order valence-electron chi connectivity index (χ0n) is 17.7. The van der Waals surface area contributed by atoms with Crippen molar-refractivity contribution in [2.24, 2.45) is 0 Å². The van der Waals surface area contributed by atoms with E-state index in [2.05, 4.69) is 27.4 Å². The summed E-state index contributed by atoms with van der Waals surface area (Å²) in [6.07, 6.45) is -1.81. The van der Waals surface area contributed by atoms with E-state index in [1.807, 2.05) is 37.3 Å². The van der Waals surface area contributed by atoms with Gasteiger partial charge in [-0.05, 0) is 48.4 Å². The largest absolute Gasteiger partial charge is 0.490 e. The molecule has 0 spiro atoms. The van der Waals surface area contributed by atoms with Gasteiger partial charge in [0, 0.05) is 17.5 Å². The number of ether oxygens (including phenoxy) is 2. The minimum Gasteiger partial charge on any atom is -0.475 e. The number of nitrogens with zero attached hydrogens (tertiary/aromatic N) is 2. The quantitative estimate of drug-likeness (QED) is 0.418. The highest BCUT2D eigenvalue weighted by Gasteiger charge is 2.38. The van der Waals surface area contributed by atoms with Crippen LogP contribution in [0.3, 0.4) is 0 Å². The highest BCUT2D eigenvalue weighted by molar-refractivity contribution is 5.92. The summed E-state index contributed by atoms with van der Waals surface area (Å²) in [5, 5.41) is 11.5. The summed E-state index contributed by atoms with van der Waals surface area (Å²) < 4.78 is 48.0. The summed E-state index contributed by atoms with van der Waals surface area (Å²) in [4.78, 5) is 17.7. The molecule has 0 aliphatic carbocycles. The lowest BCUT2D eigenvalue weighted by Crippen LogP contribution is -2.21. The van der Waals surface area contributed by atoms with Crippen LogP contribution >= 0.6 is 0 Å². The van der Waals surface area contributed by atoms with Crippen molar-refractivity contribution in [3.05, 3.63) is 66.4 Å². The van der Waals surface area contributed by atoms with Crippen LogP contribution in [0.1, 0.15) is 11.3 Å². The van der Waals surface area contributed by atoms with Crippen molar-refractivity contribution in [1.29, 1.82) is 0 Å². The zero-order chi connectivity index (χ0) is 24.3. The highest BCUT2D eigenvalue weighted by Crippen LogP contribution is 2.37. The Bertz CT molecular complexity index is 1340.